The molecule has 19 heavy (non-hydrogen) atoms. The maximum atomic E-state index is 11.7. The molecule has 1 fully saturated rings. The number of aliphatic hydroxyl groups is 1. The third kappa shape index (κ3) is 5.59. The Balaban J connectivity index is 2.61. The molecule has 1 rings (SSSR count). The second-order valence-electron chi connectivity index (χ2n) is 5.74. The molecule has 1 unspecified atom stereocenters. The lowest BCUT2D eigenvalue weighted by Gasteiger charge is -2.28. The molecule has 5 nitrogen and oxygen atoms in total. The summed E-state index contributed by atoms with van der Waals surface area (Å²) in [5.74, 6) is -0.913. The molecule has 0 radical (unpaired) electrons. The number of aliphatic hydroxyl groups excluding tert-OH is 1. The third-order valence-corrected chi connectivity index (χ3v) is 3.34. The van der Waals surface area contributed by atoms with Crippen molar-refractivity contribution in [2.24, 2.45) is 5.41 Å². The number of carbonyl (C=O) groups excluding carboxylic acids is 2. The first kappa shape index (κ1) is 16.0. The molecule has 0 aliphatic carbocycles. The summed E-state index contributed by atoms with van der Waals surface area (Å²) in [4.78, 5) is 23.2. The quantitative estimate of drug-likeness (QED) is 0.681. The van der Waals surface area contributed by atoms with Crippen molar-refractivity contribution in [3.8, 4) is 0 Å². The van der Waals surface area contributed by atoms with E-state index < -0.39 is 17.5 Å². The summed E-state index contributed by atoms with van der Waals surface area (Å²) in [6.45, 7) is 3.71. The number of ether oxygens (including phenoxy) is 2. The molecule has 0 aromatic heterocycles. The van der Waals surface area contributed by atoms with E-state index in [9.17, 15) is 14.7 Å². The summed E-state index contributed by atoms with van der Waals surface area (Å²) in [7, 11) is 0. The van der Waals surface area contributed by atoms with Gasteiger partial charge in [0.05, 0.1) is 13.2 Å². The normalized spacial score (nSPS) is 27.0. The van der Waals surface area contributed by atoms with Gasteiger partial charge in [0.2, 0.25) is 0 Å². The Morgan fingerprint density at radius 1 is 1.05 bits per heavy atom. The summed E-state index contributed by atoms with van der Waals surface area (Å²) in [5.41, 5.74) is -0.836. The van der Waals surface area contributed by atoms with Gasteiger partial charge in [0, 0.05) is 11.8 Å². The minimum atomic E-state index is -1.27. The van der Waals surface area contributed by atoms with Crippen LogP contribution in [0.2, 0.25) is 0 Å². The number of cyclic esters (lactones) is 2. The van der Waals surface area contributed by atoms with Gasteiger partial charge in [0.25, 0.3) is 0 Å². The number of rotatable bonds is 0. The first-order valence-corrected chi connectivity index (χ1v) is 6.94. The van der Waals surface area contributed by atoms with Gasteiger partial charge >= 0.3 is 11.9 Å². The zero-order valence-electron chi connectivity index (χ0n) is 11.8. The summed E-state index contributed by atoms with van der Waals surface area (Å²) in [6.07, 6.45) is 3.69. The molecule has 1 saturated heterocycles. The topological polar surface area (TPSA) is 72.8 Å². The van der Waals surface area contributed by atoms with Gasteiger partial charge in [-0.05, 0) is 12.8 Å². The van der Waals surface area contributed by atoms with Crippen LogP contribution in [0, 0.1) is 5.41 Å². The van der Waals surface area contributed by atoms with Crippen molar-refractivity contribution in [3.05, 3.63) is 0 Å². The predicted octanol–water partition coefficient (Wildman–Crippen LogP) is 1.81. The monoisotopic (exact) mass is 272 g/mol. The molecule has 1 atom stereocenters. The van der Waals surface area contributed by atoms with Crippen LogP contribution in [0.15, 0.2) is 0 Å². The van der Waals surface area contributed by atoms with Crippen molar-refractivity contribution >= 4 is 11.9 Å². The van der Waals surface area contributed by atoms with E-state index in [1.54, 1.807) is 13.8 Å². The Morgan fingerprint density at radius 3 is 2.42 bits per heavy atom. The third-order valence-electron chi connectivity index (χ3n) is 3.34. The molecule has 1 aliphatic heterocycles. The standard InChI is InChI=1S/C14H24O5/c1-14(2)10-19-11(15)8-6-4-3-5-7-9-18-13(17)12(14)16/h12,16H,3-10H2,1-2H3. The zero-order chi connectivity index (χ0) is 14.3. The SMILES string of the molecule is CC1(C)COC(=O)CCCCCCCOC(=O)C1O. The predicted molar refractivity (Wildman–Crippen MR) is 69.4 cm³/mol. The van der Waals surface area contributed by atoms with Crippen LogP contribution in [-0.4, -0.2) is 36.4 Å². The lowest BCUT2D eigenvalue weighted by Crippen LogP contribution is -2.41. The highest BCUT2D eigenvalue weighted by Gasteiger charge is 2.36. The van der Waals surface area contributed by atoms with Gasteiger partial charge in [-0.25, -0.2) is 4.79 Å². The van der Waals surface area contributed by atoms with Crippen LogP contribution in [0.1, 0.15) is 52.4 Å². The molecule has 0 spiro atoms. The Kier molecular flexibility index (Phi) is 6.28. The van der Waals surface area contributed by atoms with E-state index in [-0.39, 0.29) is 12.6 Å². The summed E-state index contributed by atoms with van der Waals surface area (Å²) in [5, 5.41) is 9.94. The number of hydrogen-bond donors (Lipinski definition) is 1. The fourth-order valence-corrected chi connectivity index (χ4v) is 1.89. The van der Waals surface area contributed by atoms with Gasteiger partial charge in [-0.15, -0.1) is 0 Å². The molecule has 1 N–H and O–H groups in total. The average molecular weight is 272 g/mol. The molecule has 1 heterocycles. The fourth-order valence-electron chi connectivity index (χ4n) is 1.89. The van der Waals surface area contributed by atoms with Crippen LogP contribution in [0.4, 0.5) is 0 Å². The lowest BCUT2D eigenvalue weighted by atomic mass is 9.87. The molecule has 0 bridgehead atoms. The van der Waals surface area contributed by atoms with E-state index >= 15 is 0 Å². The molecule has 110 valence electrons. The van der Waals surface area contributed by atoms with Gasteiger partial charge in [-0.1, -0.05) is 33.1 Å². The maximum absolute atomic E-state index is 11.7. The molecule has 0 aromatic carbocycles. The van der Waals surface area contributed by atoms with Crippen LogP contribution in [-0.2, 0) is 19.1 Å². The van der Waals surface area contributed by atoms with Gasteiger partial charge in [-0.2, -0.15) is 0 Å². The van der Waals surface area contributed by atoms with Crippen molar-refractivity contribution in [1.29, 1.82) is 0 Å². The number of esters is 2. The Morgan fingerprint density at radius 2 is 1.68 bits per heavy atom. The number of carbonyl (C=O) groups is 2. The van der Waals surface area contributed by atoms with E-state index in [0.717, 1.165) is 32.1 Å². The van der Waals surface area contributed by atoms with Crippen molar-refractivity contribution < 1.29 is 24.2 Å². The average Bonchev–Trinajstić information content (AvgIpc) is 2.37. The van der Waals surface area contributed by atoms with Crippen molar-refractivity contribution in [2.75, 3.05) is 13.2 Å². The summed E-state index contributed by atoms with van der Waals surface area (Å²) < 4.78 is 10.1. The van der Waals surface area contributed by atoms with Crippen molar-refractivity contribution in [3.63, 3.8) is 0 Å². The smallest absolute Gasteiger partial charge is 0.335 e. The molecule has 1 aliphatic rings. The minimum Gasteiger partial charge on any atom is -0.465 e. The minimum absolute atomic E-state index is 0.0160. The van der Waals surface area contributed by atoms with Crippen LogP contribution in [0.5, 0.6) is 0 Å². The van der Waals surface area contributed by atoms with Crippen molar-refractivity contribution in [2.45, 2.75) is 58.5 Å². The second-order valence-corrected chi connectivity index (χ2v) is 5.74. The molecule has 0 saturated carbocycles. The van der Waals surface area contributed by atoms with Gasteiger partial charge < -0.3 is 14.6 Å². The molecule has 0 amide bonds. The molecular formula is C14H24O5. The molecular weight excluding hydrogens is 248 g/mol. The maximum Gasteiger partial charge on any atom is 0.335 e. The molecule has 5 heteroatoms. The first-order valence-electron chi connectivity index (χ1n) is 6.94. The highest BCUT2D eigenvalue weighted by molar-refractivity contribution is 5.75. The van der Waals surface area contributed by atoms with E-state index in [4.69, 9.17) is 9.47 Å². The van der Waals surface area contributed by atoms with Crippen LogP contribution in [0.3, 0.4) is 0 Å². The summed E-state index contributed by atoms with van der Waals surface area (Å²) in [6, 6.07) is 0. The fraction of sp³-hybridized carbons (Fsp3) is 0.857. The second kappa shape index (κ2) is 7.48. The first-order chi connectivity index (χ1) is 8.93. The number of hydrogen-bond acceptors (Lipinski definition) is 5. The van der Waals surface area contributed by atoms with Gasteiger partial charge in [0.1, 0.15) is 0 Å². The Hall–Kier alpha value is -1.10. The molecule has 0 aromatic rings. The Bertz CT molecular complexity index is 311. The van der Waals surface area contributed by atoms with E-state index in [1.165, 1.54) is 0 Å². The van der Waals surface area contributed by atoms with Gasteiger partial charge in [0.15, 0.2) is 6.10 Å². The van der Waals surface area contributed by atoms with Crippen LogP contribution < -0.4 is 0 Å². The largest absolute Gasteiger partial charge is 0.465 e. The zero-order valence-corrected chi connectivity index (χ0v) is 11.8. The van der Waals surface area contributed by atoms with Crippen molar-refractivity contribution in [1.82, 2.24) is 0 Å². The van der Waals surface area contributed by atoms with E-state index in [0.29, 0.717) is 13.0 Å². The van der Waals surface area contributed by atoms with Crippen LogP contribution >= 0.6 is 0 Å². The Labute approximate surface area is 114 Å². The van der Waals surface area contributed by atoms with E-state index in [2.05, 4.69) is 0 Å². The van der Waals surface area contributed by atoms with E-state index in [1.807, 2.05) is 0 Å². The lowest BCUT2D eigenvalue weighted by molar-refractivity contribution is -0.166. The highest BCUT2D eigenvalue weighted by Crippen LogP contribution is 2.23. The van der Waals surface area contributed by atoms with Crippen LogP contribution in [0.25, 0.3) is 0 Å². The highest BCUT2D eigenvalue weighted by atomic mass is 16.6. The summed E-state index contributed by atoms with van der Waals surface area (Å²) >= 11 is 0. The van der Waals surface area contributed by atoms with Gasteiger partial charge in [-0.3, -0.25) is 4.79 Å².